The predicted molar refractivity (Wildman–Crippen MR) is 280 cm³/mol. The number of nitrogens with one attached hydrogen (secondary N) is 3. The minimum atomic E-state index is -4.73. The molecule has 3 heterocycles. The molecule has 3 amide bonds. The number of alkyl carbamates (subject to hydrolysis) is 1. The van der Waals surface area contributed by atoms with Gasteiger partial charge in [-0.1, -0.05) is 63.2 Å². The number of carbonyl (C=O) groups is 5. The molecule has 398 valence electrons. The fourth-order valence-corrected chi connectivity index (χ4v) is 12.1. The van der Waals surface area contributed by atoms with Gasteiger partial charge in [0.25, 0.3) is 0 Å². The number of fused-ring (bicyclic) bond motifs is 1. The summed E-state index contributed by atoms with van der Waals surface area (Å²) in [5.74, 6) is -2.75. The lowest BCUT2D eigenvalue weighted by Crippen LogP contribution is -2.58. The van der Waals surface area contributed by atoms with E-state index in [-0.39, 0.29) is 42.7 Å². The van der Waals surface area contributed by atoms with Crippen LogP contribution in [0.3, 0.4) is 0 Å². The Labute approximate surface area is 439 Å². The van der Waals surface area contributed by atoms with Crippen LogP contribution in [-0.2, 0) is 37.4 Å². The van der Waals surface area contributed by atoms with Gasteiger partial charge in [0.05, 0.1) is 36.0 Å². The van der Waals surface area contributed by atoms with Crippen LogP contribution in [0.2, 0.25) is 0 Å². The molecule has 0 radical (unpaired) electrons. The summed E-state index contributed by atoms with van der Waals surface area (Å²) in [5.41, 5.74) is 1.12. The van der Waals surface area contributed by atoms with E-state index < -0.39 is 85.8 Å². The highest BCUT2D eigenvalue weighted by Gasteiger charge is 2.69. The molecule has 21 heteroatoms. The molecule has 2 aromatic heterocycles. The molecule has 3 fully saturated rings. The Morgan fingerprint density at radius 3 is 2.09 bits per heavy atom. The van der Waals surface area contributed by atoms with Crippen molar-refractivity contribution in [3.05, 3.63) is 114 Å². The smallest absolute Gasteiger partial charge is 0.408 e. The van der Waals surface area contributed by atoms with Crippen LogP contribution in [0, 0.1) is 11.3 Å². The number of amides is 3. The molecule has 19 nitrogen and oxygen atoms in total. The van der Waals surface area contributed by atoms with Crippen LogP contribution in [-0.4, -0.2) is 108 Å². The molecular weight excluding hydrogens is 1000 g/mol. The Balaban J connectivity index is 1.12. The van der Waals surface area contributed by atoms with Crippen molar-refractivity contribution < 1.29 is 61.3 Å². The highest BCUT2D eigenvalue weighted by atomic mass is 32.1. The van der Waals surface area contributed by atoms with Crippen LogP contribution in [0.25, 0.3) is 22.3 Å². The number of methoxy groups -OCH3 is 1. The lowest BCUT2D eigenvalue weighted by molar-refractivity contribution is -0.142. The van der Waals surface area contributed by atoms with Crippen molar-refractivity contribution in [1.82, 2.24) is 25.5 Å². The van der Waals surface area contributed by atoms with Crippen LogP contribution < -0.4 is 25.4 Å². The SMILES string of the molecule is C=CC1C[C@]1(NC(=O)[C@@H]1CC(Oc2cc(-c3csc(NC(C)C)n3)nc3cc(OC)ccc23)CN1C(=O)[C@@H](NC(=O)OC1CCCC1)C(C)(C)C)P(=O)(OCOC(=O)c1ccccc1)OCOC(=O)c1ccccc1. The molecule has 3 aromatic carbocycles. The van der Waals surface area contributed by atoms with Crippen molar-refractivity contribution in [3.8, 4) is 22.9 Å². The lowest BCUT2D eigenvalue weighted by atomic mass is 9.85. The highest BCUT2D eigenvalue weighted by Crippen LogP contribution is 2.73. The molecule has 2 saturated carbocycles. The zero-order chi connectivity index (χ0) is 53.5. The molecule has 5 atom stereocenters. The maximum absolute atomic E-state index is 15.4. The fraction of sp³-hybridized carbons (Fsp3) is 0.426. The van der Waals surface area contributed by atoms with Crippen molar-refractivity contribution in [2.24, 2.45) is 11.3 Å². The van der Waals surface area contributed by atoms with Crippen LogP contribution in [0.4, 0.5) is 9.93 Å². The first kappa shape index (κ1) is 54.4. The number of thiazole rings is 1. The van der Waals surface area contributed by atoms with Gasteiger partial charge in [-0.3, -0.25) is 23.2 Å². The number of hydrogen-bond acceptors (Lipinski definition) is 17. The summed E-state index contributed by atoms with van der Waals surface area (Å²) in [4.78, 5) is 81.0. The number of hydrogen-bond donors (Lipinski definition) is 3. The average Bonchev–Trinajstić information content (AvgIpc) is 3.79. The van der Waals surface area contributed by atoms with Gasteiger partial charge in [-0.15, -0.1) is 17.9 Å². The van der Waals surface area contributed by atoms with Gasteiger partial charge in [0, 0.05) is 41.3 Å². The van der Waals surface area contributed by atoms with Gasteiger partial charge in [-0.25, -0.2) is 24.4 Å². The predicted octanol–water partition coefficient (Wildman–Crippen LogP) is 9.49. The molecule has 8 rings (SSSR count). The molecule has 5 aromatic rings. The molecule has 2 aliphatic carbocycles. The number of benzene rings is 3. The quantitative estimate of drug-likeness (QED) is 0.0204. The van der Waals surface area contributed by atoms with Gasteiger partial charge in [-0.05, 0) is 87.8 Å². The molecule has 0 spiro atoms. The number of nitrogens with zero attached hydrogens (tertiary/aromatic N) is 3. The number of esters is 2. The van der Waals surface area contributed by atoms with Gasteiger partial charge >= 0.3 is 25.6 Å². The van der Waals surface area contributed by atoms with Crippen molar-refractivity contribution in [2.75, 3.05) is 32.6 Å². The second-order valence-corrected chi connectivity index (χ2v) is 23.2. The number of likely N-dealkylation sites (tertiary alicyclic amines) is 1. The van der Waals surface area contributed by atoms with Crippen LogP contribution in [0.15, 0.2) is 103 Å². The van der Waals surface area contributed by atoms with E-state index in [4.69, 9.17) is 42.7 Å². The van der Waals surface area contributed by atoms with E-state index in [0.717, 1.165) is 12.8 Å². The second kappa shape index (κ2) is 23.4. The summed E-state index contributed by atoms with van der Waals surface area (Å²) >= 11 is 1.43. The summed E-state index contributed by atoms with van der Waals surface area (Å²) in [7, 11) is -3.18. The zero-order valence-electron chi connectivity index (χ0n) is 42.8. The zero-order valence-corrected chi connectivity index (χ0v) is 44.5. The number of ether oxygens (including phenoxy) is 5. The summed E-state index contributed by atoms with van der Waals surface area (Å²) in [6.45, 7) is 11.4. The molecule has 3 N–H and O–H groups in total. The molecule has 1 aliphatic heterocycles. The number of aromatic nitrogens is 2. The van der Waals surface area contributed by atoms with Crippen molar-refractivity contribution in [1.29, 1.82) is 0 Å². The lowest BCUT2D eigenvalue weighted by Gasteiger charge is -2.36. The van der Waals surface area contributed by atoms with E-state index >= 15 is 14.2 Å². The van der Waals surface area contributed by atoms with E-state index in [0.29, 0.717) is 51.8 Å². The van der Waals surface area contributed by atoms with E-state index in [1.165, 1.54) is 46.6 Å². The third-order valence-electron chi connectivity index (χ3n) is 13.2. The van der Waals surface area contributed by atoms with Gasteiger partial charge < -0.3 is 44.5 Å². The molecular formula is C54H63N6O13PS. The number of rotatable bonds is 21. The standard InChI is InChI=1S/C54H63N6O13PS/c1-8-36-28-54(36,74(66,70-31-68-49(63)34-17-11-9-12-18-34)71-32-69-50(64)35-19-13-10-14-20-35)59-47(61)44-26-39(29-60(44)48(62)46(53(4,5)6)58-52(65)73-37-21-15-16-22-37)72-45-27-42(43-30-75-51(57-43)55-33(2)3)56-41-25-38(67-7)23-24-40(41)45/h8-14,17-20,23-25,27,30,33,36-37,39,44,46H,1,15-16,21-22,26,28-29,31-32H2,2-7H3,(H,55,57)(H,58,65)(H,59,61)/t36?,39?,44-,46+,54-/m0/s1. The van der Waals surface area contributed by atoms with Gasteiger partial charge in [0.2, 0.25) is 25.4 Å². The van der Waals surface area contributed by atoms with Crippen molar-refractivity contribution >= 4 is 64.8 Å². The van der Waals surface area contributed by atoms with Gasteiger partial charge in [0.1, 0.15) is 46.8 Å². The second-order valence-electron chi connectivity index (χ2n) is 20.0. The average molecular weight is 1070 g/mol. The number of anilines is 1. The Hall–Kier alpha value is -6.86. The summed E-state index contributed by atoms with van der Waals surface area (Å²) < 4.78 is 56.0. The maximum Gasteiger partial charge on any atom is 0.408 e. The third kappa shape index (κ3) is 12.8. The first-order valence-electron chi connectivity index (χ1n) is 24.8. The van der Waals surface area contributed by atoms with Gasteiger partial charge in [-0.2, -0.15) is 0 Å². The van der Waals surface area contributed by atoms with E-state index in [2.05, 4.69) is 22.5 Å². The summed E-state index contributed by atoms with van der Waals surface area (Å²) in [6, 6.07) is 20.9. The first-order chi connectivity index (χ1) is 35.9. The summed E-state index contributed by atoms with van der Waals surface area (Å²) in [6.07, 6.45) is 2.72. The van der Waals surface area contributed by atoms with Crippen LogP contribution >= 0.6 is 18.9 Å². The molecule has 3 aliphatic rings. The molecule has 75 heavy (non-hydrogen) atoms. The monoisotopic (exact) mass is 1070 g/mol. The van der Waals surface area contributed by atoms with Crippen LogP contribution in [0.1, 0.15) is 93.9 Å². The van der Waals surface area contributed by atoms with Crippen LogP contribution in [0.5, 0.6) is 11.5 Å². The minimum absolute atomic E-state index is 0.0289. The Morgan fingerprint density at radius 2 is 1.52 bits per heavy atom. The molecule has 2 unspecified atom stereocenters. The Bertz CT molecular complexity index is 2870. The van der Waals surface area contributed by atoms with Crippen molar-refractivity contribution in [2.45, 2.75) is 109 Å². The van der Waals surface area contributed by atoms with Crippen molar-refractivity contribution in [3.63, 3.8) is 0 Å². The molecule has 1 saturated heterocycles. The normalized spacial score (nSPS) is 20.0. The van der Waals surface area contributed by atoms with E-state index in [1.807, 2.05) is 25.3 Å². The largest absolute Gasteiger partial charge is 0.497 e. The summed E-state index contributed by atoms with van der Waals surface area (Å²) in [5, 5.41) is 10.4. The maximum atomic E-state index is 15.4. The van der Waals surface area contributed by atoms with E-state index in [9.17, 15) is 14.4 Å². The number of pyridine rings is 1. The minimum Gasteiger partial charge on any atom is -0.497 e. The number of carbonyl (C=O) groups excluding carboxylic acids is 5. The first-order valence-corrected chi connectivity index (χ1v) is 27.3. The molecule has 0 bridgehead atoms. The van der Waals surface area contributed by atoms with E-state index in [1.54, 1.807) is 82.5 Å². The Morgan fingerprint density at radius 1 is 0.880 bits per heavy atom. The third-order valence-corrected chi connectivity index (χ3v) is 16.5. The highest BCUT2D eigenvalue weighted by molar-refractivity contribution is 7.56. The topological polar surface area (TPSA) is 232 Å². The Kier molecular flexibility index (Phi) is 16.9. The van der Waals surface area contributed by atoms with Gasteiger partial charge in [0.15, 0.2) is 5.13 Å². The fourth-order valence-electron chi connectivity index (χ4n) is 9.17.